The van der Waals surface area contributed by atoms with Crippen LogP contribution in [0.15, 0.2) is 42.7 Å². The summed E-state index contributed by atoms with van der Waals surface area (Å²) in [5.74, 6) is -0.540. The molecule has 0 atom stereocenters. The number of nitrogens with zero attached hydrogens (tertiary/aromatic N) is 3. The first-order chi connectivity index (χ1) is 10.2. The molecule has 2 heterocycles. The topological polar surface area (TPSA) is 83.0 Å². The van der Waals surface area contributed by atoms with Gasteiger partial charge in [0.05, 0.1) is 24.9 Å². The summed E-state index contributed by atoms with van der Waals surface area (Å²) in [5, 5.41) is 5.23. The number of ether oxygens (including phenoxy) is 1. The van der Waals surface area contributed by atoms with Crippen LogP contribution in [0.5, 0.6) is 0 Å². The van der Waals surface area contributed by atoms with Gasteiger partial charge in [0.2, 0.25) is 0 Å². The van der Waals surface area contributed by atoms with Crippen LogP contribution in [0.4, 0.5) is 5.69 Å². The molecule has 3 rings (SSSR count). The highest BCUT2D eigenvalue weighted by Crippen LogP contribution is 2.18. The number of hydrogen-bond donors (Lipinski definition) is 1. The molecule has 0 saturated heterocycles. The number of nitrogens with two attached hydrogens (primary N) is 1. The van der Waals surface area contributed by atoms with Crippen molar-refractivity contribution in [2.75, 3.05) is 12.8 Å². The predicted molar refractivity (Wildman–Crippen MR) is 78.8 cm³/mol. The molecule has 0 radical (unpaired) electrons. The lowest BCUT2D eigenvalue weighted by molar-refractivity contribution is 0.0594. The average molecular weight is 282 g/mol. The molecule has 21 heavy (non-hydrogen) atoms. The number of esters is 1. The van der Waals surface area contributed by atoms with E-state index in [4.69, 9.17) is 5.73 Å². The average Bonchev–Trinajstić information content (AvgIpc) is 2.87. The number of carbonyl (C=O) groups excluding carboxylic acids is 1. The Morgan fingerprint density at radius 2 is 2.14 bits per heavy atom. The van der Waals surface area contributed by atoms with E-state index in [-0.39, 0.29) is 5.69 Å². The standard InChI is InChI=1S/C15H14N4O2/c1-21-15(20)14-12(16)9-19(18-14)8-11-5-2-4-10-6-3-7-17-13(10)11/h2-7,9H,8,16H2,1H3. The Kier molecular flexibility index (Phi) is 3.27. The Balaban J connectivity index is 1.98. The van der Waals surface area contributed by atoms with Crippen molar-refractivity contribution in [1.29, 1.82) is 0 Å². The molecule has 6 nitrogen and oxygen atoms in total. The number of carbonyl (C=O) groups is 1. The summed E-state index contributed by atoms with van der Waals surface area (Å²) in [6.07, 6.45) is 3.37. The number of para-hydroxylation sites is 1. The second-order valence-electron chi connectivity index (χ2n) is 4.61. The summed E-state index contributed by atoms with van der Waals surface area (Å²) in [6.45, 7) is 0.482. The lowest BCUT2D eigenvalue weighted by atomic mass is 10.1. The number of rotatable bonds is 3. The number of fused-ring (bicyclic) bond motifs is 1. The molecule has 2 aromatic heterocycles. The van der Waals surface area contributed by atoms with E-state index in [1.54, 1.807) is 17.1 Å². The highest BCUT2D eigenvalue weighted by molar-refractivity contribution is 5.92. The van der Waals surface area contributed by atoms with Crippen LogP contribution in [0.25, 0.3) is 10.9 Å². The fourth-order valence-corrected chi connectivity index (χ4v) is 2.24. The quantitative estimate of drug-likeness (QED) is 0.741. The maximum absolute atomic E-state index is 11.5. The molecule has 0 aliphatic rings. The zero-order valence-electron chi connectivity index (χ0n) is 11.5. The van der Waals surface area contributed by atoms with E-state index in [2.05, 4.69) is 14.8 Å². The van der Waals surface area contributed by atoms with Crippen LogP contribution >= 0.6 is 0 Å². The number of methoxy groups -OCH3 is 1. The largest absolute Gasteiger partial charge is 0.464 e. The molecule has 3 aromatic rings. The van der Waals surface area contributed by atoms with Crippen LogP contribution in [0, 0.1) is 0 Å². The van der Waals surface area contributed by atoms with E-state index >= 15 is 0 Å². The predicted octanol–water partition coefficient (Wildman–Crippen LogP) is 1.85. The van der Waals surface area contributed by atoms with Gasteiger partial charge in [-0.1, -0.05) is 24.3 Å². The first-order valence-electron chi connectivity index (χ1n) is 6.43. The molecule has 0 spiro atoms. The van der Waals surface area contributed by atoms with Crippen molar-refractivity contribution in [2.24, 2.45) is 0 Å². The van der Waals surface area contributed by atoms with Crippen molar-refractivity contribution in [1.82, 2.24) is 14.8 Å². The van der Waals surface area contributed by atoms with Gasteiger partial charge < -0.3 is 10.5 Å². The van der Waals surface area contributed by atoms with E-state index in [0.29, 0.717) is 12.2 Å². The third kappa shape index (κ3) is 2.43. The number of pyridine rings is 1. The van der Waals surface area contributed by atoms with Gasteiger partial charge in [-0.25, -0.2) is 4.79 Å². The molecule has 2 N–H and O–H groups in total. The number of nitrogen functional groups attached to an aromatic ring is 1. The Morgan fingerprint density at radius 3 is 2.95 bits per heavy atom. The fraction of sp³-hybridized carbons (Fsp3) is 0.133. The van der Waals surface area contributed by atoms with Gasteiger partial charge in [0.15, 0.2) is 5.69 Å². The molecule has 106 valence electrons. The van der Waals surface area contributed by atoms with Crippen LogP contribution in [0.3, 0.4) is 0 Å². The molecule has 0 bridgehead atoms. The number of hydrogen-bond acceptors (Lipinski definition) is 5. The number of benzene rings is 1. The van der Waals surface area contributed by atoms with Crippen molar-refractivity contribution in [3.8, 4) is 0 Å². The summed E-state index contributed by atoms with van der Waals surface area (Å²) in [7, 11) is 1.30. The lowest BCUT2D eigenvalue weighted by Crippen LogP contribution is -2.07. The number of aromatic nitrogens is 3. The van der Waals surface area contributed by atoms with Gasteiger partial charge in [0, 0.05) is 17.8 Å². The Labute approximate surface area is 121 Å². The van der Waals surface area contributed by atoms with Crippen molar-refractivity contribution in [2.45, 2.75) is 6.54 Å². The highest BCUT2D eigenvalue weighted by atomic mass is 16.5. The highest BCUT2D eigenvalue weighted by Gasteiger charge is 2.15. The van der Waals surface area contributed by atoms with Crippen LogP contribution in [-0.4, -0.2) is 27.8 Å². The van der Waals surface area contributed by atoms with Gasteiger partial charge in [-0.3, -0.25) is 9.67 Å². The third-order valence-electron chi connectivity index (χ3n) is 3.22. The van der Waals surface area contributed by atoms with E-state index in [1.807, 2.05) is 30.3 Å². The second-order valence-corrected chi connectivity index (χ2v) is 4.61. The van der Waals surface area contributed by atoms with Crippen LogP contribution < -0.4 is 5.73 Å². The molecule has 0 saturated carbocycles. The van der Waals surface area contributed by atoms with Crippen molar-refractivity contribution >= 4 is 22.6 Å². The third-order valence-corrected chi connectivity index (χ3v) is 3.22. The van der Waals surface area contributed by atoms with Crippen molar-refractivity contribution in [3.05, 3.63) is 54.0 Å². The van der Waals surface area contributed by atoms with Crippen LogP contribution in [0.2, 0.25) is 0 Å². The minimum absolute atomic E-state index is 0.130. The molecule has 6 heteroatoms. The first-order valence-corrected chi connectivity index (χ1v) is 6.43. The fourth-order valence-electron chi connectivity index (χ4n) is 2.24. The number of anilines is 1. The van der Waals surface area contributed by atoms with Gasteiger partial charge >= 0.3 is 5.97 Å². The molecule has 0 aliphatic heterocycles. The van der Waals surface area contributed by atoms with Gasteiger partial charge in [0.1, 0.15) is 0 Å². The summed E-state index contributed by atoms with van der Waals surface area (Å²) in [5.41, 5.74) is 8.13. The zero-order valence-corrected chi connectivity index (χ0v) is 11.5. The van der Waals surface area contributed by atoms with Crippen molar-refractivity contribution in [3.63, 3.8) is 0 Å². The van der Waals surface area contributed by atoms with Gasteiger partial charge in [-0.05, 0) is 11.6 Å². The van der Waals surface area contributed by atoms with Gasteiger partial charge in [0.25, 0.3) is 0 Å². The van der Waals surface area contributed by atoms with Gasteiger partial charge in [-0.15, -0.1) is 0 Å². The molecular weight excluding hydrogens is 268 g/mol. The SMILES string of the molecule is COC(=O)c1nn(Cc2cccc3cccnc23)cc1N. The first kappa shape index (κ1) is 13.1. The smallest absolute Gasteiger partial charge is 0.360 e. The summed E-state index contributed by atoms with van der Waals surface area (Å²) < 4.78 is 6.26. The Morgan fingerprint density at radius 1 is 1.33 bits per heavy atom. The van der Waals surface area contributed by atoms with Crippen molar-refractivity contribution < 1.29 is 9.53 Å². The summed E-state index contributed by atoms with van der Waals surface area (Å²) >= 11 is 0. The summed E-state index contributed by atoms with van der Waals surface area (Å²) in [6, 6.07) is 9.85. The summed E-state index contributed by atoms with van der Waals surface area (Å²) in [4.78, 5) is 15.9. The van der Waals surface area contributed by atoms with Crippen LogP contribution in [-0.2, 0) is 11.3 Å². The second kappa shape index (κ2) is 5.24. The van der Waals surface area contributed by atoms with E-state index in [9.17, 15) is 4.79 Å². The molecule has 1 aromatic carbocycles. The van der Waals surface area contributed by atoms with E-state index in [1.165, 1.54) is 7.11 Å². The Bertz CT molecular complexity index is 805. The minimum Gasteiger partial charge on any atom is -0.464 e. The molecular formula is C15H14N4O2. The van der Waals surface area contributed by atoms with E-state index in [0.717, 1.165) is 16.5 Å². The zero-order chi connectivity index (χ0) is 14.8. The molecule has 0 fully saturated rings. The van der Waals surface area contributed by atoms with Gasteiger partial charge in [-0.2, -0.15) is 5.10 Å². The minimum atomic E-state index is -0.540. The van der Waals surface area contributed by atoms with Crippen LogP contribution in [0.1, 0.15) is 16.1 Å². The molecule has 0 aliphatic carbocycles. The monoisotopic (exact) mass is 282 g/mol. The molecule has 0 amide bonds. The lowest BCUT2D eigenvalue weighted by Gasteiger charge is -2.05. The maximum Gasteiger partial charge on any atom is 0.360 e. The maximum atomic E-state index is 11.5. The Hall–Kier alpha value is -2.89. The molecule has 0 unspecified atom stereocenters. The van der Waals surface area contributed by atoms with E-state index < -0.39 is 5.97 Å². The normalized spacial score (nSPS) is 10.7.